The Labute approximate surface area is 129 Å². The van der Waals surface area contributed by atoms with Crippen molar-refractivity contribution in [2.75, 3.05) is 0 Å². The molecule has 0 aliphatic carbocycles. The topological polar surface area (TPSA) is 62.5 Å². The van der Waals surface area contributed by atoms with Gasteiger partial charge in [0, 0.05) is 28.0 Å². The maximum Gasteiger partial charge on any atom is 0.293 e. The standard InChI is InChI=1S/C16H12BrNO3/c1-18-12-5-3-2-4-10(12)14(15(20)16(18)21)11-8-9(17)6-7-13(11)19/h2-8,19-20H,1H3. The lowest BCUT2D eigenvalue weighted by Crippen LogP contribution is -2.17. The first-order valence-electron chi connectivity index (χ1n) is 6.30. The third kappa shape index (κ3) is 2.10. The van der Waals surface area contributed by atoms with Crippen LogP contribution in [-0.4, -0.2) is 14.8 Å². The zero-order valence-electron chi connectivity index (χ0n) is 11.2. The summed E-state index contributed by atoms with van der Waals surface area (Å²) in [5, 5.41) is 21.1. The highest BCUT2D eigenvalue weighted by Gasteiger charge is 2.18. The molecule has 106 valence electrons. The molecule has 0 bridgehead atoms. The molecule has 1 aromatic heterocycles. The molecule has 0 saturated carbocycles. The minimum Gasteiger partial charge on any atom is -0.507 e. The summed E-state index contributed by atoms with van der Waals surface area (Å²) in [6.45, 7) is 0. The number of pyridine rings is 1. The number of rotatable bonds is 1. The first-order valence-corrected chi connectivity index (χ1v) is 7.09. The van der Waals surface area contributed by atoms with Gasteiger partial charge in [-0.2, -0.15) is 0 Å². The molecule has 0 aliphatic rings. The summed E-state index contributed by atoms with van der Waals surface area (Å²) in [6, 6.07) is 12.1. The number of aromatic hydroxyl groups is 2. The molecule has 0 fully saturated rings. The van der Waals surface area contributed by atoms with Gasteiger partial charge in [0.15, 0.2) is 5.75 Å². The van der Waals surface area contributed by atoms with Crippen LogP contribution in [0.15, 0.2) is 51.7 Å². The molecule has 2 aromatic carbocycles. The van der Waals surface area contributed by atoms with E-state index < -0.39 is 5.56 Å². The van der Waals surface area contributed by atoms with E-state index in [1.165, 1.54) is 10.6 Å². The van der Waals surface area contributed by atoms with Crippen LogP contribution in [0.5, 0.6) is 11.5 Å². The maximum atomic E-state index is 12.2. The van der Waals surface area contributed by atoms with Crippen LogP contribution >= 0.6 is 15.9 Å². The van der Waals surface area contributed by atoms with Crippen LogP contribution in [-0.2, 0) is 7.05 Å². The van der Waals surface area contributed by atoms with Crippen molar-refractivity contribution in [3.63, 3.8) is 0 Å². The lowest BCUT2D eigenvalue weighted by Gasteiger charge is -2.13. The van der Waals surface area contributed by atoms with Crippen molar-refractivity contribution in [2.24, 2.45) is 7.05 Å². The van der Waals surface area contributed by atoms with E-state index in [0.717, 1.165) is 4.47 Å². The lowest BCUT2D eigenvalue weighted by atomic mass is 9.99. The summed E-state index contributed by atoms with van der Waals surface area (Å²) in [4.78, 5) is 12.2. The highest BCUT2D eigenvalue weighted by molar-refractivity contribution is 9.10. The number of hydrogen-bond donors (Lipinski definition) is 2. The molecular weight excluding hydrogens is 334 g/mol. The van der Waals surface area contributed by atoms with Gasteiger partial charge in [-0.15, -0.1) is 0 Å². The van der Waals surface area contributed by atoms with Crippen molar-refractivity contribution < 1.29 is 10.2 Å². The summed E-state index contributed by atoms with van der Waals surface area (Å²) in [5.41, 5.74) is 0.945. The summed E-state index contributed by atoms with van der Waals surface area (Å²) in [6.07, 6.45) is 0. The fraction of sp³-hybridized carbons (Fsp3) is 0.0625. The quantitative estimate of drug-likeness (QED) is 0.710. The fourth-order valence-corrected chi connectivity index (χ4v) is 2.82. The Balaban J connectivity index is 2.53. The van der Waals surface area contributed by atoms with Crippen LogP contribution in [0.4, 0.5) is 0 Å². The van der Waals surface area contributed by atoms with E-state index in [4.69, 9.17) is 0 Å². The highest BCUT2D eigenvalue weighted by Crippen LogP contribution is 2.39. The van der Waals surface area contributed by atoms with Gasteiger partial charge in [-0.1, -0.05) is 34.1 Å². The Bertz CT molecular complexity index is 915. The molecule has 0 saturated heterocycles. The number of para-hydroxylation sites is 1. The molecular formula is C16H12BrNO3. The Morgan fingerprint density at radius 2 is 1.81 bits per heavy atom. The predicted molar refractivity (Wildman–Crippen MR) is 85.7 cm³/mol. The van der Waals surface area contributed by atoms with Crippen LogP contribution in [0.1, 0.15) is 0 Å². The Morgan fingerprint density at radius 3 is 2.57 bits per heavy atom. The van der Waals surface area contributed by atoms with Gasteiger partial charge in [0.1, 0.15) is 5.75 Å². The fourth-order valence-electron chi connectivity index (χ4n) is 2.46. The van der Waals surface area contributed by atoms with Crippen molar-refractivity contribution in [3.05, 3.63) is 57.3 Å². The molecule has 0 atom stereocenters. The van der Waals surface area contributed by atoms with Gasteiger partial charge in [-0.3, -0.25) is 4.79 Å². The number of aryl methyl sites for hydroxylation is 1. The third-order valence-corrected chi connectivity index (χ3v) is 4.00. The van der Waals surface area contributed by atoms with E-state index >= 15 is 0 Å². The first kappa shape index (κ1) is 13.7. The summed E-state index contributed by atoms with van der Waals surface area (Å²) >= 11 is 3.34. The van der Waals surface area contributed by atoms with Crippen molar-refractivity contribution in [1.29, 1.82) is 0 Å². The molecule has 21 heavy (non-hydrogen) atoms. The molecule has 3 aromatic rings. The number of hydrogen-bond acceptors (Lipinski definition) is 3. The van der Waals surface area contributed by atoms with E-state index in [1.807, 2.05) is 18.2 Å². The van der Waals surface area contributed by atoms with Gasteiger partial charge >= 0.3 is 0 Å². The van der Waals surface area contributed by atoms with Crippen LogP contribution < -0.4 is 5.56 Å². The number of halogens is 1. The maximum absolute atomic E-state index is 12.2. The lowest BCUT2D eigenvalue weighted by molar-refractivity contribution is 0.461. The Morgan fingerprint density at radius 1 is 1.10 bits per heavy atom. The molecule has 4 nitrogen and oxygen atoms in total. The van der Waals surface area contributed by atoms with Crippen LogP contribution in [0.3, 0.4) is 0 Å². The van der Waals surface area contributed by atoms with Gasteiger partial charge in [-0.25, -0.2) is 0 Å². The van der Waals surface area contributed by atoms with Crippen LogP contribution in [0, 0.1) is 0 Å². The Kier molecular flexibility index (Phi) is 3.22. The van der Waals surface area contributed by atoms with E-state index in [9.17, 15) is 15.0 Å². The summed E-state index contributed by atoms with van der Waals surface area (Å²) in [5.74, 6) is -0.364. The minimum atomic E-state index is -0.497. The highest BCUT2D eigenvalue weighted by atomic mass is 79.9. The van der Waals surface area contributed by atoms with Gasteiger partial charge in [0.25, 0.3) is 5.56 Å². The van der Waals surface area contributed by atoms with E-state index in [-0.39, 0.29) is 11.5 Å². The average Bonchev–Trinajstić information content (AvgIpc) is 2.49. The average molecular weight is 346 g/mol. The summed E-state index contributed by atoms with van der Waals surface area (Å²) < 4.78 is 2.14. The van der Waals surface area contributed by atoms with E-state index in [1.54, 1.807) is 25.2 Å². The first-order chi connectivity index (χ1) is 10.0. The molecule has 0 unspecified atom stereocenters. The second-order valence-corrected chi connectivity index (χ2v) is 5.68. The molecule has 1 heterocycles. The Hall–Kier alpha value is -2.27. The number of aromatic nitrogens is 1. The molecule has 5 heteroatoms. The largest absolute Gasteiger partial charge is 0.507 e. The molecule has 2 N–H and O–H groups in total. The predicted octanol–water partition coefficient (Wildman–Crippen LogP) is 3.38. The number of phenolic OH excluding ortho intramolecular Hbond substituents is 1. The molecule has 0 aliphatic heterocycles. The monoisotopic (exact) mass is 345 g/mol. The van der Waals surface area contributed by atoms with Gasteiger partial charge in [0.05, 0.1) is 5.52 Å². The van der Waals surface area contributed by atoms with Gasteiger partial charge in [-0.05, 0) is 24.3 Å². The van der Waals surface area contributed by atoms with Gasteiger partial charge < -0.3 is 14.8 Å². The SMILES string of the molecule is Cn1c(=O)c(O)c(-c2cc(Br)ccc2O)c2ccccc21. The smallest absolute Gasteiger partial charge is 0.293 e. The zero-order chi connectivity index (χ0) is 15.1. The van der Waals surface area contributed by atoms with Crippen molar-refractivity contribution >= 4 is 26.8 Å². The third-order valence-electron chi connectivity index (χ3n) is 3.51. The second kappa shape index (κ2) is 4.93. The van der Waals surface area contributed by atoms with Crippen molar-refractivity contribution in [1.82, 2.24) is 4.57 Å². The number of phenols is 1. The molecule has 0 radical (unpaired) electrons. The minimum absolute atomic E-state index is 0.00639. The number of benzene rings is 2. The molecule has 3 rings (SSSR count). The zero-order valence-corrected chi connectivity index (χ0v) is 12.8. The normalized spacial score (nSPS) is 11.0. The van der Waals surface area contributed by atoms with E-state index in [0.29, 0.717) is 22.0 Å². The van der Waals surface area contributed by atoms with E-state index in [2.05, 4.69) is 15.9 Å². The second-order valence-electron chi connectivity index (χ2n) is 4.77. The van der Waals surface area contributed by atoms with Crippen molar-refractivity contribution in [2.45, 2.75) is 0 Å². The molecule has 0 spiro atoms. The van der Waals surface area contributed by atoms with Crippen LogP contribution in [0.2, 0.25) is 0 Å². The number of nitrogens with zero attached hydrogens (tertiary/aromatic N) is 1. The summed E-state index contributed by atoms with van der Waals surface area (Å²) in [7, 11) is 1.61. The van der Waals surface area contributed by atoms with Gasteiger partial charge in [0.2, 0.25) is 0 Å². The molecule has 0 amide bonds. The van der Waals surface area contributed by atoms with Crippen LogP contribution in [0.25, 0.3) is 22.0 Å². The number of fused-ring (bicyclic) bond motifs is 1. The van der Waals surface area contributed by atoms with Crippen molar-refractivity contribution in [3.8, 4) is 22.6 Å².